The molecule has 2 heterocycles. The minimum atomic E-state index is -0.340. The van der Waals surface area contributed by atoms with Gasteiger partial charge in [0.15, 0.2) is 6.67 Å². The van der Waals surface area contributed by atoms with Crippen LogP contribution in [0.2, 0.25) is 5.02 Å². The average molecular weight is 366 g/mol. The summed E-state index contributed by atoms with van der Waals surface area (Å²) in [5.74, 6) is -0.0764. The predicted octanol–water partition coefficient (Wildman–Crippen LogP) is 1.03. The number of quaternary nitrogens is 1. The normalized spacial score (nSPS) is 21.8. The van der Waals surface area contributed by atoms with Crippen LogP contribution in [0, 0.1) is 6.92 Å². The maximum absolute atomic E-state index is 12.4. The molecule has 2 aliphatic heterocycles. The van der Waals surface area contributed by atoms with Crippen LogP contribution >= 0.6 is 11.6 Å². The highest BCUT2D eigenvalue weighted by molar-refractivity contribution is 6.30. The van der Waals surface area contributed by atoms with E-state index in [4.69, 9.17) is 11.6 Å². The Morgan fingerprint density at radius 3 is 2.68 bits per heavy atom. The van der Waals surface area contributed by atoms with Crippen molar-refractivity contribution in [1.29, 1.82) is 0 Å². The van der Waals surface area contributed by atoms with E-state index in [1.807, 2.05) is 25.1 Å². The average Bonchev–Trinajstić information content (AvgIpc) is 2.86. The molecule has 3 rings (SSSR count). The third-order valence-electron chi connectivity index (χ3n) is 5.05. The molecule has 2 fully saturated rings. The molecule has 0 aromatic heterocycles. The summed E-state index contributed by atoms with van der Waals surface area (Å²) in [5.41, 5.74) is 2.38. The van der Waals surface area contributed by atoms with Gasteiger partial charge in [-0.25, -0.2) is 9.69 Å². The van der Waals surface area contributed by atoms with Crippen molar-refractivity contribution >= 4 is 29.2 Å². The number of carbonyl (C=O) groups excluding carboxylic acids is 2. The molecule has 2 aliphatic rings. The highest BCUT2D eigenvalue weighted by Crippen LogP contribution is 2.24. The number of rotatable bonds is 5. The highest BCUT2D eigenvalue weighted by atomic mass is 35.5. The lowest BCUT2D eigenvalue weighted by Crippen LogP contribution is -3.16. The van der Waals surface area contributed by atoms with Crippen molar-refractivity contribution in [3.8, 4) is 0 Å². The van der Waals surface area contributed by atoms with E-state index in [1.165, 1.54) is 21.1 Å². The van der Waals surface area contributed by atoms with Crippen molar-refractivity contribution in [2.24, 2.45) is 0 Å². The quantitative estimate of drug-likeness (QED) is 0.766. The van der Waals surface area contributed by atoms with E-state index in [0.717, 1.165) is 37.6 Å². The first-order chi connectivity index (χ1) is 12.0. The second-order valence-corrected chi connectivity index (χ2v) is 7.32. The standard InChI is InChI=1S/C18H25ClN4O2/c1-3-4-15-17(24)23(18(25)20-15)12-21-7-9-22(10-8-21)16-11-14(19)6-5-13(16)2/h5-6,11,15H,3-4,7-10,12H2,1-2H3,(H,20,25)/p+1/t15-/m0/s1. The van der Waals surface area contributed by atoms with Crippen LogP contribution in [0.25, 0.3) is 0 Å². The number of aryl methyl sites for hydroxylation is 1. The van der Waals surface area contributed by atoms with Gasteiger partial charge in [-0.15, -0.1) is 0 Å². The molecule has 0 unspecified atom stereocenters. The molecular weight excluding hydrogens is 340 g/mol. The number of nitrogens with zero attached hydrogens (tertiary/aromatic N) is 2. The monoisotopic (exact) mass is 365 g/mol. The molecule has 1 atom stereocenters. The zero-order chi connectivity index (χ0) is 18.0. The third kappa shape index (κ3) is 3.90. The van der Waals surface area contributed by atoms with E-state index in [9.17, 15) is 9.59 Å². The van der Waals surface area contributed by atoms with Gasteiger partial charge in [-0.1, -0.05) is 31.0 Å². The molecule has 25 heavy (non-hydrogen) atoms. The maximum Gasteiger partial charge on any atom is 0.329 e. The summed E-state index contributed by atoms with van der Waals surface area (Å²) in [6, 6.07) is 5.37. The lowest BCUT2D eigenvalue weighted by Gasteiger charge is -2.35. The summed E-state index contributed by atoms with van der Waals surface area (Å²) < 4.78 is 0. The number of imide groups is 1. The van der Waals surface area contributed by atoms with E-state index in [1.54, 1.807) is 0 Å². The van der Waals surface area contributed by atoms with Gasteiger partial charge in [0.05, 0.1) is 26.2 Å². The first-order valence-corrected chi connectivity index (χ1v) is 9.34. The second kappa shape index (κ2) is 7.62. The molecule has 7 heteroatoms. The molecule has 1 aromatic rings. The Labute approximate surface area is 153 Å². The van der Waals surface area contributed by atoms with Gasteiger partial charge < -0.3 is 15.1 Å². The molecule has 0 saturated carbocycles. The Morgan fingerprint density at radius 1 is 1.28 bits per heavy atom. The van der Waals surface area contributed by atoms with Crippen LogP contribution in [0.5, 0.6) is 0 Å². The van der Waals surface area contributed by atoms with Crippen molar-refractivity contribution in [1.82, 2.24) is 10.2 Å². The van der Waals surface area contributed by atoms with Gasteiger partial charge in [0.1, 0.15) is 6.04 Å². The van der Waals surface area contributed by atoms with Crippen molar-refractivity contribution in [3.63, 3.8) is 0 Å². The summed E-state index contributed by atoms with van der Waals surface area (Å²) >= 11 is 6.13. The first kappa shape index (κ1) is 18.0. The van der Waals surface area contributed by atoms with E-state index < -0.39 is 0 Å². The fourth-order valence-corrected chi connectivity index (χ4v) is 3.75. The Hall–Kier alpha value is -1.79. The fourth-order valence-electron chi connectivity index (χ4n) is 3.58. The van der Waals surface area contributed by atoms with Crippen LogP contribution in [0.1, 0.15) is 25.3 Å². The van der Waals surface area contributed by atoms with Crippen LogP contribution < -0.4 is 15.1 Å². The molecule has 0 radical (unpaired) electrons. The van der Waals surface area contributed by atoms with E-state index >= 15 is 0 Å². The third-order valence-corrected chi connectivity index (χ3v) is 5.28. The smallest absolute Gasteiger partial charge is 0.329 e. The number of hydrogen-bond donors (Lipinski definition) is 2. The molecule has 2 N–H and O–H groups in total. The largest absolute Gasteiger partial charge is 0.360 e. The van der Waals surface area contributed by atoms with Crippen LogP contribution in [0.3, 0.4) is 0 Å². The number of urea groups is 1. The zero-order valence-electron chi connectivity index (χ0n) is 14.8. The van der Waals surface area contributed by atoms with Crippen LogP contribution in [0.4, 0.5) is 10.5 Å². The summed E-state index contributed by atoms with van der Waals surface area (Å²) in [4.78, 5) is 29.4. The Balaban J connectivity index is 1.57. The van der Waals surface area contributed by atoms with Crippen LogP contribution in [0.15, 0.2) is 18.2 Å². The lowest BCUT2D eigenvalue weighted by atomic mass is 10.1. The summed E-state index contributed by atoms with van der Waals surface area (Å²) in [6.07, 6.45) is 1.59. The highest BCUT2D eigenvalue weighted by Gasteiger charge is 2.39. The summed E-state index contributed by atoms with van der Waals surface area (Å²) in [7, 11) is 0. The van der Waals surface area contributed by atoms with Crippen molar-refractivity contribution in [2.45, 2.75) is 32.7 Å². The van der Waals surface area contributed by atoms with Gasteiger partial charge >= 0.3 is 6.03 Å². The number of halogens is 1. The molecule has 1 aromatic carbocycles. The number of nitrogens with one attached hydrogen (secondary N) is 2. The van der Waals surface area contributed by atoms with Gasteiger partial charge in [0.2, 0.25) is 0 Å². The SMILES string of the molecule is CCC[C@@H]1NC(=O)N(C[NH+]2CCN(c3cc(Cl)ccc3C)CC2)C1=O. The maximum atomic E-state index is 12.4. The molecule has 0 spiro atoms. The van der Waals surface area contributed by atoms with Gasteiger partial charge in [0.25, 0.3) is 5.91 Å². The number of piperazine rings is 1. The summed E-state index contributed by atoms with van der Waals surface area (Å²) in [5, 5.41) is 3.54. The van der Waals surface area contributed by atoms with Gasteiger partial charge in [-0.3, -0.25) is 4.79 Å². The number of hydrogen-bond acceptors (Lipinski definition) is 3. The Kier molecular flexibility index (Phi) is 5.49. The first-order valence-electron chi connectivity index (χ1n) is 8.96. The Bertz CT molecular complexity index is 658. The van der Waals surface area contributed by atoms with Gasteiger partial charge in [-0.05, 0) is 31.0 Å². The zero-order valence-corrected chi connectivity index (χ0v) is 15.6. The van der Waals surface area contributed by atoms with E-state index in [2.05, 4.69) is 17.1 Å². The number of carbonyl (C=O) groups is 2. The fraction of sp³-hybridized carbons (Fsp3) is 0.556. The molecule has 136 valence electrons. The molecule has 0 aliphatic carbocycles. The number of anilines is 1. The van der Waals surface area contributed by atoms with Crippen molar-refractivity contribution < 1.29 is 14.5 Å². The minimum Gasteiger partial charge on any atom is -0.360 e. The van der Waals surface area contributed by atoms with Crippen molar-refractivity contribution in [2.75, 3.05) is 37.7 Å². The van der Waals surface area contributed by atoms with Crippen LogP contribution in [-0.2, 0) is 4.79 Å². The van der Waals surface area contributed by atoms with Crippen LogP contribution in [-0.4, -0.2) is 55.7 Å². The van der Waals surface area contributed by atoms with Gasteiger partial charge in [-0.2, -0.15) is 0 Å². The molecular formula is C18H26ClN4O2+. The van der Waals surface area contributed by atoms with E-state index in [0.29, 0.717) is 13.1 Å². The predicted molar refractivity (Wildman–Crippen MR) is 98.0 cm³/mol. The Morgan fingerprint density at radius 2 is 2.00 bits per heavy atom. The van der Waals surface area contributed by atoms with Gasteiger partial charge in [0, 0.05) is 10.7 Å². The summed E-state index contributed by atoms with van der Waals surface area (Å²) in [6.45, 7) is 8.11. The topological polar surface area (TPSA) is 57.1 Å². The minimum absolute atomic E-state index is 0.0764. The molecule has 2 saturated heterocycles. The van der Waals surface area contributed by atoms with E-state index in [-0.39, 0.29) is 18.0 Å². The lowest BCUT2D eigenvalue weighted by molar-refractivity contribution is -0.907. The van der Waals surface area contributed by atoms with Crippen molar-refractivity contribution in [3.05, 3.63) is 28.8 Å². The molecule has 0 bridgehead atoms. The number of amides is 3. The second-order valence-electron chi connectivity index (χ2n) is 6.88. The molecule has 6 nitrogen and oxygen atoms in total. The number of benzene rings is 1. The molecule has 3 amide bonds.